The van der Waals surface area contributed by atoms with Crippen molar-refractivity contribution < 1.29 is 0 Å². The van der Waals surface area contributed by atoms with Crippen molar-refractivity contribution in [2.75, 3.05) is 0 Å². The first-order valence-corrected chi connectivity index (χ1v) is 10.7. The second-order valence-corrected chi connectivity index (χ2v) is 8.61. The molecular weight excluding hydrogens is 539 g/mol. The second kappa shape index (κ2) is 6.80. The summed E-state index contributed by atoms with van der Waals surface area (Å²) in [6.07, 6.45) is 1.73. The molecule has 0 saturated carbocycles. The van der Waals surface area contributed by atoms with Gasteiger partial charge in [-0.2, -0.15) is 19.5 Å². The number of halogens is 2. The van der Waals surface area contributed by atoms with Crippen LogP contribution in [-0.4, -0.2) is 29.6 Å². The van der Waals surface area contributed by atoms with Crippen LogP contribution in [0.25, 0.3) is 32.6 Å². The SMILES string of the molecule is Brc1ccc(-c2nc3sc(-c4cnn(-c5ccccc5)n4)nn3c2I)cc1. The first-order chi connectivity index (χ1) is 13.2. The van der Waals surface area contributed by atoms with E-state index in [4.69, 9.17) is 10.1 Å². The molecule has 132 valence electrons. The molecule has 2 aromatic carbocycles. The van der Waals surface area contributed by atoms with Crippen molar-refractivity contribution in [1.29, 1.82) is 0 Å². The van der Waals surface area contributed by atoms with E-state index in [9.17, 15) is 0 Å². The average Bonchev–Trinajstić information content (AvgIpc) is 3.40. The van der Waals surface area contributed by atoms with Gasteiger partial charge in [-0.3, -0.25) is 0 Å². The zero-order chi connectivity index (χ0) is 18.4. The van der Waals surface area contributed by atoms with Crippen molar-refractivity contribution in [1.82, 2.24) is 29.6 Å². The molecule has 3 aromatic heterocycles. The van der Waals surface area contributed by atoms with E-state index >= 15 is 0 Å². The topological polar surface area (TPSA) is 60.9 Å². The van der Waals surface area contributed by atoms with Crippen LogP contribution in [-0.2, 0) is 0 Å². The van der Waals surface area contributed by atoms with Crippen LogP contribution in [0.5, 0.6) is 0 Å². The lowest BCUT2D eigenvalue weighted by Gasteiger charge is -1.98. The number of para-hydroxylation sites is 1. The minimum atomic E-state index is 0.732. The number of rotatable bonds is 3. The largest absolute Gasteiger partial charge is 0.216 e. The predicted octanol–water partition coefficient (Wildman–Crippen LogP) is 5.07. The van der Waals surface area contributed by atoms with Gasteiger partial charge in [-0.25, -0.2) is 4.98 Å². The van der Waals surface area contributed by atoms with Gasteiger partial charge in [-0.1, -0.05) is 57.6 Å². The molecule has 0 unspecified atom stereocenters. The highest BCUT2D eigenvalue weighted by Crippen LogP contribution is 2.31. The highest BCUT2D eigenvalue weighted by molar-refractivity contribution is 14.1. The molecule has 0 aliphatic rings. The van der Waals surface area contributed by atoms with Crippen molar-refractivity contribution in [2.24, 2.45) is 0 Å². The maximum Gasteiger partial charge on any atom is 0.214 e. The summed E-state index contributed by atoms with van der Waals surface area (Å²) in [6, 6.07) is 17.9. The Morgan fingerprint density at radius 3 is 2.48 bits per heavy atom. The number of aromatic nitrogens is 6. The molecule has 3 heterocycles. The van der Waals surface area contributed by atoms with Gasteiger partial charge in [0.2, 0.25) is 4.96 Å². The van der Waals surface area contributed by atoms with Gasteiger partial charge < -0.3 is 0 Å². The van der Waals surface area contributed by atoms with Crippen molar-refractivity contribution >= 4 is 54.8 Å². The molecule has 0 amide bonds. The molecule has 0 aliphatic carbocycles. The molecule has 0 spiro atoms. The standard InChI is InChI=1S/C18H10BrIN6S/c19-12-8-6-11(7-9-12)15-16(20)25-18(22-15)27-17(24-25)14-10-21-26(23-14)13-4-2-1-3-5-13/h1-10H. The number of imidazole rings is 1. The van der Waals surface area contributed by atoms with Gasteiger partial charge in [-0.05, 0) is 46.9 Å². The minimum absolute atomic E-state index is 0.732. The third kappa shape index (κ3) is 3.09. The van der Waals surface area contributed by atoms with E-state index in [0.29, 0.717) is 0 Å². The molecule has 5 rings (SSSR count). The van der Waals surface area contributed by atoms with Crippen LogP contribution in [0.15, 0.2) is 65.3 Å². The summed E-state index contributed by atoms with van der Waals surface area (Å²) in [7, 11) is 0. The maximum absolute atomic E-state index is 4.76. The molecule has 0 fully saturated rings. The third-order valence-electron chi connectivity index (χ3n) is 3.96. The molecule has 5 aromatic rings. The summed E-state index contributed by atoms with van der Waals surface area (Å²) in [4.78, 5) is 7.21. The molecule has 0 saturated heterocycles. The van der Waals surface area contributed by atoms with Gasteiger partial charge in [0.05, 0.1) is 11.9 Å². The maximum atomic E-state index is 4.76. The van der Waals surface area contributed by atoms with Gasteiger partial charge in [0.1, 0.15) is 15.1 Å². The van der Waals surface area contributed by atoms with E-state index in [2.05, 4.69) is 48.7 Å². The summed E-state index contributed by atoms with van der Waals surface area (Å²) in [5.74, 6) is 0. The zero-order valence-corrected chi connectivity index (χ0v) is 18.2. The predicted molar refractivity (Wildman–Crippen MR) is 117 cm³/mol. The lowest BCUT2D eigenvalue weighted by Crippen LogP contribution is -1.97. The van der Waals surface area contributed by atoms with Gasteiger partial charge >= 0.3 is 0 Å². The van der Waals surface area contributed by atoms with Gasteiger partial charge in [-0.15, -0.1) is 5.10 Å². The first kappa shape index (κ1) is 17.0. The highest BCUT2D eigenvalue weighted by Gasteiger charge is 2.18. The van der Waals surface area contributed by atoms with Gasteiger partial charge in [0.15, 0.2) is 5.01 Å². The van der Waals surface area contributed by atoms with E-state index in [1.54, 1.807) is 11.0 Å². The molecule has 0 bridgehead atoms. The van der Waals surface area contributed by atoms with Crippen LogP contribution in [0.1, 0.15) is 0 Å². The van der Waals surface area contributed by atoms with Crippen molar-refractivity contribution in [3.63, 3.8) is 0 Å². The normalized spacial score (nSPS) is 11.3. The lowest BCUT2D eigenvalue weighted by atomic mass is 10.2. The van der Waals surface area contributed by atoms with Crippen LogP contribution in [0.4, 0.5) is 0 Å². The highest BCUT2D eigenvalue weighted by atomic mass is 127. The van der Waals surface area contributed by atoms with E-state index < -0.39 is 0 Å². The summed E-state index contributed by atoms with van der Waals surface area (Å²) in [5, 5.41) is 14.4. The van der Waals surface area contributed by atoms with E-state index in [0.717, 1.165) is 40.8 Å². The Morgan fingerprint density at radius 1 is 0.963 bits per heavy atom. The van der Waals surface area contributed by atoms with Crippen LogP contribution in [0, 0.1) is 3.70 Å². The van der Waals surface area contributed by atoms with Crippen molar-refractivity contribution in [2.45, 2.75) is 0 Å². The molecule has 6 nitrogen and oxygen atoms in total. The number of hydrogen-bond donors (Lipinski definition) is 0. The summed E-state index contributed by atoms with van der Waals surface area (Å²) < 4.78 is 3.88. The number of fused-ring (bicyclic) bond motifs is 1. The molecule has 0 atom stereocenters. The van der Waals surface area contributed by atoms with E-state index in [1.165, 1.54) is 11.3 Å². The van der Waals surface area contributed by atoms with Gasteiger partial charge in [0.25, 0.3) is 0 Å². The fourth-order valence-electron chi connectivity index (χ4n) is 2.67. The summed E-state index contributed by atoms with van der Waals surface area (Å²) in [6.45, 7) is 0. The Bertz CT molecular complexity index is 1240. The fraction of sp³-hybridized carbons (Fsp3) is 0. The second-order valence-electron chi connectivity index (χ2n) is 5.71. The molecule has 0 aliphatic heterocycles. The van der Waals surface area contributed by atoms with Crippen LogP contribution in [0.2, 0.25) is 0 Å². The van der Waals surface area contributed by atoms with E-state index in [1.807, 2.05) is 59.1 Å². The Balaban J connectivity index is 1.53. The van der Waals surface area contributed by atoms with Crippen LogP contribution >= 0.6 is 49.9 Å². The monoisotopic (exact) mass is 548 g/mol. The molecule has 0 N–H and O–H groups in total. The van der Waals surface area contributed by atoms with Crippen LogP contribution in [0.3, 0.4) is 0 Å². The molecule has 27 heavy (non-hydrogen) atoms. The number of hydrogen-bond acceptors (Lipinski definition) is 5. The quantitative estimate of drug-likeness (QED) is 0.295. The minimum Gasteiger partial charge on any atom is -0.216 e. The third-order valence-corrected chi connectivity index (χ3v) is 6.39. The zero-order valence-electron chi connectivity index (χ0n) is 13.6. The molecular formula is C18H10BrIN6S. The summed E-state index contributed by atoms with van der Waals surface area (Å²) in [5.41, 5.74) is 3.64. The smallest absolute Gasteiger partial charge is 0.214 e. The van der Waals surface area contributed by atoms with Gasteiger partial charge in [0, 0.05) is 10.0 Å². The number of nitrogens with zero attached hydrogens (tertiary/aromatic N) is 6. The molecule has 9 heteroatoms. The Labute approximate surface area is 180 Å². The van der Waals surface area contributed by atoms with Crippen molar-refractivity contribution in [3.8, 4) is 27.6 Å². The average molecular weight is 549 g/mol. The first-order valence-electron chi connectivity index (χ1n) is 7.98. The van der Waals surface area contributed by atoms with E-state index in [-0.39, 0.29) is 0 Å². The Hall–Kier alpha value is -2.11. The summed E-state index contributed by atoms with van der Waals surface area (Å²) >= 11 is 7.25. The fourth-order valence-corrected chi connectivity index (χ4v) is 4.71. The number of benzene rings is 2. The Kier molecular flexibility index (Phi) is 4.29. The van der Waals surface area contributed by atoms with Crippen molar-refractivity contribution in [3.05, 3.63) is 69.0 Å². The van der Waals surface area contributed by atoms with Crippen LogP contribution < -0.4 is 0 Å². The molecule has 0 radical (unpaired) electrons. The Morgan fingerprint density at radius 2 is 1.74 bits per heavy atom. The lowest BCUT2D eigenvalue weighted by molar-refractivity contribution is 0.753.